The van der Waals surface area contributed by atoms with Gasteiger partial charge in [-0.2, -0.15) is 25.3 Å². The molecule has 10 heteroatoms. The SMILES string of the molecule is C=CC(=O)OCC(COC(=O)C=C)(COC(=O)C=C)COC(=O)C=C.CC(C)(c1ccc(CS)cc1)c1ccc(CS)cc1. The van der Waals surface area contributed by atoms with E-state index < -0.39 is 29.3 Å². The Morgan fingerprint density at radius 3 is 1.02 bits per heavy atom. The zero-order chi connectivity index (χ0) is 33.2. The van der Waals surface area contributed by atoms with E-state index in [1.54, 1.807) is 0 Å². The van der Waals surface area contributed by atoms with Gasteiger partial charge in [-0.1, -0.05) is 88.7 Å². The minimum atomic E-state index is -1.34. The molecule has 2 aromatic carbocycles. The van der Waals surface area contributed by atoms with Crippen molar-refractivity contribution in [1.82, 2.24) is 0 Å². The third kappa shape index (κ3) is 12.7. The molecule has 0 heterocycles. The first-order valence-electron chi connectivity index (χ1n) is 13.5. The van der Waals surface area contributed by atoms with Crippen LogP contribution in [0.2, 0.25) is 0 Å². The molecule has 0 atom stereocenters. The van der Waals surface area contributed by atoms with E-state index in [9.17, 15) is 19.2 Å². The van der Waals surface area contributed by atoms with Crippen molar-refractivity contribution >= 4 is 49.1 Å². The first-order valence-corrected chi connectivity index (χ1v) is 14.7. The maximum absolute atomic E-state index is 11.3. The molecule has 0 saturated heterocycles. The van der Waals surface area contributed by atoms with Gasteiger partial charge < -0.3 is 18.9 Å². The van der Waals surface area contributed by atoms with Crippen LogP contribution in [0.25, 0.3) is 0 Å². The average molecular weight is 641 g/mol. The first-order chi connectivity index (χ1) is 20.9. The van der Waals surface area contributed by atoms with Crippen molar-refractivity contribution in [2.45, 2.75) is 30.8 Å². The number of esters is 4. The zero-order valence-corrected chi connectivity index (χ0v) is 26.9. The lowest BCUT2D eigenvalue weighted by Crippen LogP contribution is -2.43. The molecule has 0 bridgehead atoms. The molecule has 2 aromatic rings. The Kier molecular flexibility index (Phi) is 16.7. The molecule has 0 spiro atoms. The zero-order valence-electron chi connectivity index (χ0n) is 25.2. The summed E-state index contributed by atoms with van der Waals surface area (Å²) in [5.41, 5.74) is 3.86. The monoisotopic (exact) mass is 640 g/mol. The van der Waals surface area contributed by atoms with E-state index in [-0.39, 0.29) is 31.8 Å². The van der Waals surface area contributed by atoms with Crippen molar-refractivity contribution in [3.8, 4) is 0 Å². The van der Waals surface area contributed by atoms with Crippen molar-refractivity contribution in [2.75, 3.05) is 26.4 Å². The summed E-state index contributed by atoms with van der Waals surface area (Å²) in [5.74, 6) is -1.46. The molecule has 0 aliphatic carbocycles. The van der Waals surface area contributed by atoms with Crippen molar-refractivity contribution < 1.29 is 38.1 Å². The fourth-order valence-electron chi connectivity index (χ4n) is 3.60. The van der Waals surface area contributed by atoms with Gasteiger partial charge in [-0.15, -0.1) is 0 Å². The summed E-state index contributed by atoms with van der Waals surface area (Å²) in [6.07, 6.45) is 3.69. The van der Waals surface area contributed by atoms with Crippen molar-refractivity contribution in [1.29, 1.82) is 0 Å². The summed E-state index contributed by atoms with van der Waals surface area (Å²) in [7, 11) is 0. The smallest absolute Gasteiger partial charge is 0.330 e. The normalized spacial score (nSPS) is 10.6. The largest absolute Gasteiger partial charge is 0.462 e. The first kappa shape index (κ1) is 38.0. The molecule has 0 radical (unpaired) electrons. The van der Waals surface area contributed by atoms with E-state index in [1.165, 1.54) is 22.3 Å². The maximum Gasteiger partial charge on any atom is 0.330 e. The minimum Gasteiger partial charge on any atom is -0.462 e. The topological polar surface area (TPSA) is 105 Å². The molecule has 0 aromatic heterocycles. The van der Waals surface area contributed by atoms with Crippen LogP contribution in [-0.2, 0) is 55.0 Å². The van der Waals surface area contributed by atoms with Crippen LogP contribution in [0, 0.1) is 5.41 Å². The maximum atomic E-state index is 11.3. The molecule has 0 unspecified atom stereocenters. The van der Waals surface area contributed by atoms with Gasteiger partial charge in [0.1, 0.15) is 31.8 Å². The van der Waals surface area contributed by atoms with E-state index in [2.05, 4.69) is 114 Å². The summed E-state index contributed by atoms with van der Waals surface area (Å²) in [6, 6.07) is 17.5. The molecule has 0 amide bonds. The summed E-state index contributed by atoms with van der Waals surface area (Å²) in [6.45, 7) is 16.0. The predicted octanol–water partition coefficient (Wildman–Crippen LogP) is 5.76. The minimum absolute atomic E-state index is 0.0181. The third-order valence-corrected chi connectivity index (χ3v) is 7.20. The number of hydrogen-bond acceptors (Lipinski definition) is 10. The number of benzene rings is 2. The average Bonchev–Trinajstić information content (AvgIpc) is 3.06. The number of carbonyl (C=O) groups is 4. The number of ether oxygens (including phenoxy) is 4. The van der Waals surface area contributed by atoms with Crippen LogP contribution in [0.15, 0.2) is 99.2 Å². The standard InChI is InChI=1S/C17H20O8.C17H20S2/c1-5-13(18)22-9-17(10-23-14(19)6-2,11-24-15(20)7-3)12-25-16(21)8-4;1-17(2,15-7-3-13(11-18)4-8-15)16-9-5-14(12-19)6-10-16/h5-8H,1-4,9-12H2;3-10,18-19H,11-12H2,1-2H3. The third-order valence-electron chi connectivity index (χ3n) is 6.47. The lowest BCUT2D eigenvalue weighted by molar-refractivity contribution is -0.164. The van der Waals surface area contributed by atoms with Gasteiger partial charge in [0.15, 0.2) is 0 Å². The van der Waals surface area contributed by atoms with E-state index in [0.717, 1.165) is 35.8 Å². The van der Waals surface area contributed by atoms with E-state index in [0.29, 0.717) is 0 Å². The van der Waals surface area contributed by atoms with Gasteiger partial charge in [0.25, 0.3) is 0 Å². The van der Waals surface area contributed by atoms with Crippen molar-refractivity contribution in [3.05, 3.63) is 121 Å². The Balaban J connectivity index is 0.000000454. The van der Waals surface area contributed by atoms with Gasteiger partial charge in [0, 0.05) is 41.2 Å². The second-order valence-electron chi connectivity index (χ2n) is 10.1. The van der Waals surface area contributed by atoms with Crippen LogP contribution in [0.5, 0.6) is 0 Å². The number of thiol groups is 2. The van der Waals surface area contributed by atoms with Crippen molar-refractivity contribution in [3.63, 3.8) is 0 Å². The molecule has 8 nitrogen and oxygen atoms in total. The molecule has 44 heavy (non-hydrogen) atoms. The molecule has 0 fully saturated rings. The van der Waals surface area contributed by atoms with Crippen LogP contribution >= 0.6 is 25.3 Å². The highest BCUT2D eigenvalue weighted by molar-refractivity contribution is 7.79. The highest BCUT2D eigenvalue weighted by atomic mass is 32.1. The number of rotatable bonds is 16. The number of hydrogen-bond donors (Lipinski definition) is 2. The molecule has 0 aliphatic heterocycles. The molecule has 0 saturated carbocycles. The van der Waals surface area contributed by atoms with Crippen LogP contribution in [0.4, 0.5) is 0 Å². The van der Waals surface area contributed by atoms with Gasteiger partial charge in [-0.05, 0) is 22.3 Å². The van der Waals surface area contributed by atoms with Crippen LogP contribution in [0.3, 0.4) is 0 Å². The number of carbonyl (C=O) groups excluding carboxylic acids is 4. The highest BCUT2D eigenvalue weighted by Gasteiger charge is 2.37. The quantitative estimate of drug-likeness (QED) is 0.103. The second-order valence-corrected chi connectivity index (χ2v) is 10.7. The van der Waals surface area contributed by atoms with Crippen molar-refractivity contribution in [2.24, 2.45) is 5.41 Å². The van der Waals surface area contributed by atoms with Gasteiger partial charge in [-0.3, -0.25) is 0 Å². The highest BCUT2D eigenvalue weighted by Crippen LogP contribution is 2.32. The van der Waals surface area contributed by atoms with Gasteiger partial charge >= 0.3 is 23.9 Å². The van der Waals surface area contributed by atoms with E-state index in [1.807, 2.05) is 0 Å². The second kappa shape index (κ2) is 19.3. The van der Waals surface area contributed by atoms with Gasteiger partial charge in [0.05, 0.1) is 0 Å². The fraction of sp³-hybridized carbons (Fsp3) is 0.294. The Hall–Kier alpha value is -4.02. The van der Waals surface area contributed by atoms with Gasteiger partial charge in [-0.25, -0.2) is 19.2 Å². The van der Waals surface area contributed by atoms with Gasteiger partial charge in [0.2, 0.25) is 0 Å². The summed E-state index contributed by atoms with van der Waals surface area (Å²) in [4.78, 5) is 45.3. The molecule has 2 rings (SSSR count). The van der Waals surface area contributed by atoms with Crippen LogP contribution in [-0.4, -0.2) is 50.3 Å². The predicted molar refractivity (Wildman–Crippen MR) is 177 cm³/mol. The lowest BCUT2D eigenvalue weighted by atomic mass is 9.78. The Morgan fingerprint density at radius 1 is 0.568 bits per heavy atom. The Morgan fingerprint density at radius 2 is 0.818 bits per heavy atom. The van der Waals surface area contributed by atoms with Crippen LogP contribution in [0.1, 0.15) is 36.1 Å². The van der Waals surface area contributed by atoms with Crippen LogP contribution < -0.4 is 0 Å². The summed E-state index contributed by atoms with van der Waals surface area (Å²) in [5, 5.41) is 0. The summed E-state index contributed by atoms with van der Waals surface area (Å²) >= 11 is 8.60. The molecular formula is C34H40O8S2. The molecular weight excluding hydrogens is 601 g/mol. The fourth-order valence-corrected chi connectivity index (χ4v) is 4.02. The van der Waals surface area contributed by atoms with E-state index in [4.69, 9.17) is 18.9 Å². The molecule has 0 N–H and O–H groups in total. The molecule has 236 valence electrons. The summed E-state index contributed by atoms with van der Waals surface area (Å²) < 4.78 is 19.8. The lowest BCUT2D eigenvalue weighted by Gasteiger charge is -2.31. The molecule has 0 aliphatic rings. The Bertz CT molecular complexity index is 1150. The van der Waals surface area contributed by atoms with E-state index >= 15 is 0 Å². The Labute approximate surface area is 270 Å².